The summed E-state index contributed by atoms with van der Waals surface area (Å²) in [7, 11) is 3.91. The van der Waals surface area contributed by atoms with Crippen LogP contribution in [0.15, 0.2) is 18.3 Å². The van der Waals surface area contributed by atoms with Crippen LogP contribution >= 0.6 is 0 Å². The van der Waals surface area contributed by atoms with Crippen LogP contribution in [-0.4, -0.2) is 44.0 Å². The molecule has 1 radical (unpaired) electrons. The van der Waals surface area contributed by atoms with Crippen molar-refractivity contribution in [1.29, 1.82) is 0 Å². The van der Waals surface area contributed by atoms with Gasteiger partial charge in [-0.1, -0.05) is 0 Å². The Hall–Kier alpha value is -1.23. The molecule has 2 N–H and O–H groups in total. The smallest absolute Gasteiger partial charge is 0.186 e. The van der Waals surface area contributed by atoms with Gasteiger partial charge in [0.15, 0.2) is 7.98 Å². The van der Waals surface area contributed by atoms with Crippen LogP contribution in [0.3, 0.4) is 0 Å². The van der Waals surface area contributed by atoms with Gasteiger partial charge in [0.2, 0.25) is 0 Å². The van der Waals surface area contributed by atoms with Crippen molar-refractivity contribution in [2.24, 2.45) is 0 Å². The van der Waals surface area contributed by atoms with Gasteiger partial charge in [-0.3, -0.25) is 0 Å². The molecule has 0 aromatic carbocycles. The number of aromatic nitrogens is 1. The van der Waals surface area contributed by atoms with Crippen LogP contribution in [0.5, 0.6) is 0 Å². The Kier molecular flexibility index (Phi) is 2.59. The van der Waals surface area contributed by atoms with Gasteiger partial charge in [0.1, 0.15) is 5.82 Å². The highest BCUT2D eigenvalue weighted by Crippen LogP contribution is 2.15. The molecule has 2 heterocycles. The second-order valence-corrected chi connectivity index (χ2v) is 3.55. The van der Waals surface area contributed by atoms with E-state index in [-0.39, 0.29) is 0 Å². The van der Waals surface area contributed by atoms with Crippen molar-refractivity contribution >= 4 is 19.5 Å². The van der Waals surface area contributed by atoms with Crippen molar-refractivity contribution in [3.8, 4) is 0 Å². The van der Waals surface area contributed by atoms with E-state index in [1.807, 2.05) is 18.3 Å². The molecule has 0 atom stereocenters. The maximum atomic E-state index is 5.53. The van der Waals surface area contributed by atoms with Crippen LogP contribution in [0.25, 0.3) is 0 Å². The first-order chi connectivity index (χ1) is 6.75. The first-order valence-electron chi connectivity index (χ1n) is 4.77. The summed E-state index contributed by atoms with van der Waals surface area (Å²) in [5.41, 5.74) is 6.68. The first-order valence-corrected chi connectivity index (χ1v) is 4.77. The number of pyridine rings is 1. The summed E-state index contributed by atoms with van der Waals surface area (Å²) in [4.78, 5) is 8.46. The molecule has 0 amide bonds. The monoisotopic (exact) mass is 189 g/mol. The highest BCUT2D eigenvalue weighted by Gasteiger charge is 2.13. The van der Waals surface area contributed by atoms with Gasteiger partial charge in [0.05, 0.1) is 11.9 Å². The molecule has 0 bridgehead atoms. The van der Waals surface area contributed by atoms with Crippen molar-refractivity contribution in [1.82, 2.24) is 9.79 Å². The topological polar surface area (TPSA) is 45.4 Å². The zero-order valence-corrected chi connectivity index (χ0v) is 8.19. The predicted molar refractivity (Wildman–Crippen MR) is 59.6 cm³/mol. The Morgan fingerprint density at radius 2 is 1.93 bits per heavy atom. The third-order valence-corrected chi connectivity index (χ3v) is 2.51. The number of piperazine rings is 1. The van der Waals surface area contributed by atoms with Gasteiger partial charge in [0.25, 0.3) is 0 Å². The predicted octanol–water partition coefficient (Wildman–Crippen LogP) is -0.398. The minimum Gasteiger partial charge on any atom is -0.384 e. The van der Waals surface area contributed by atoms with Gasteiger partial charge >= 0.3 is 0 Å². The Morgan fingerprint density at radius 1 is 1.21 bits per heavy atom. The second-order valence-electron chi connectivity index (χ2n) is 3.55. The maximum absolute atomic E-state index is 5.53. The molecule has 1 aliphatic rings. The number of hydrogen-bond donors (Lipinski definition) is 1. The van der Waals surface area contributed by atoms with E-state index in [9.17, 15) is 0 Å². The van der Waals surface area contributed by atoms with Crippen molar-refractivity contribution in [2.75, 3.05) is 36.8 Å². The second kappa shape index (κ2) is 3.88. The Bertz CT molecular complexity index is 292. The van der Waals surface area contributed by atoms with Crippen LogP contribution in [-0.2, 0) is 0 Å². The van der Waals surface area contributed by atoms with Gasteiger partial charge in [-0.15, -0.1) is 0 Å². The van der Waals surface area contributed by atoms with E-state index in [1.54, 1.807) is 0 Å². The van der Waals surface area contributed by atoms with E-state index < -0.39 is 0 Å². The average Bonchev–Trinajstić information content (AvgIpc) is 2.21. The summed E-state index contributed by atoms with van der Waals surface area (Å²) in [5.74, 6) is 0.574. The number of nitrogens with zero attached hydrogens (tertiary/aromatic N) is 3. The lowest BCUT2D eigenvalue weighted by molar-refractivity contribution is 0.415. The van der Waals surface area contributed by atoms with Crippen molar-refractivity contribution in [3.05, 3.63) is 18.3 Å². The highest BCUT2D eigenvalue weighted by atomic mass is 15.2. The molecule has 1 aromatic rings. The quantitative estimate of drug-likeness (QED) is 0.610. The molecule has 14 heavy (non-hydrogen) atoms. The molecule has 5 heteroatoms. The van der Waals surface area contributed by atoms with Gasteiger partial charge in [0, 0.05) is 26.2 Å². The third-order valence-electron chi connectivity index (χ3n) is 2.51. The van der Waals surface area contributed by atoms with Gasteiger partial charge in [-0.25, -0.2) is 4.98 Å². The number of hydrogen-bond acceptors (Lipinski definition) is 4. The Balaban J connectivity index is 2.05. The minimum absolute atomic E-state index is 0.574. The van der Waals surface area contributed by atoms with Gasteiger partial charge in [-0.05, 0) is 12.1 Å². The highest BCUT2D eigenvalue weighted by molar-refractivity contribution is 6.04. The lowest BCUT2D eigenvalue weighted by atomic mass is 10.2. The zero-order valence-electron chi connectivity index (χ0n) is 8.19. The molecular weight excluding hydrogens is 175 g/mol. The lowest BCUT2D eigenvalue weighted by Crippen LogP contribution is -2.45. The number of anilines is 2. The molecule has 1 saturated heterocycles. The summed E-state index contributed by atoms with van der Waals surface area (Å²) < 4.78 is 0. The molecule has 1 fully saturated rings. The molecule has 0 unspecified atom stereocenters. The number of nitrogens with two attached hydrogens (primary N) is 1. The summed E-state index contributed by atoms with van der Waals surface area (Å²) in [6.07, 6.45) is 1.83. The minimum atomic E-state index is 0.574. The molecule has 2 rings (SSSR count). The van der Waals surface area contributed by atoms with Crippen molar-refractivity contribution in [2.45, 2.75) is 0 Å². The molecular formula is C9H14BN4. The van der Waals surface area contributed by atoms with Crippen LogP contribution < -0.4 is 10.6 Å². The fourth-order valence-electron chi connectivity index (χ4n) is 1.59. The van der Waals surface area contributed by atoms with Crippen LogP contribution in [0.1, 0.15) is 0 Å². The van der Waals surface area contributed by atoms with E-state index in [2.05, 4.69) is 22.7 Å². The Labute approximate surface area is 85.1 Å². The largest absolute Gasteiger partial charge is 0.384 e. The molecule has 4 nitrogen and oxygen atoms in total. The first kappa shape index (κ1) is 9.33. The van der Waals surface area contributed by atoms with E-state index in [1.165, 1.54) is 0 Å². The summed E-state index contributed by atoms with van der Waals surface area (Å²) >= 11 is 0. The average molecular weight is 189 g/mol. The van der Waals surface area contributed by atoms with Crippen LogP contribution in [0.2, 0.25) is 0 Å². The molecule has 73 valence electrons. The molecule has 0 saturated carbocycles. The third kappa shape index (κ3) is 1.98. The Morgan fingerprint density at radius 3 is 2.50 bits per heavy atom. The fraction of sp³-hybridized carbons (Fsp3) is 0.444. The van der Waals surface area contributed by atoms with E-state index in [0.717, 1.165) is 31.9 Å². The van der Waals surface area contributed by atoms with Crippen molar-refractivity contribution < 1.29 is 0 Å². The van der Waals surface area contributed by atoms with E-state index in [0.29, 0.717) is 5.82 Å². The summed E-state index contributed by atoms with van der Waals surface area (Å²) in [5, 5.41) is 0. The van der Waals surface area contributed by atoms with Crippen molar-refractivity contribution in [3.63, 3.8) is 0 Å². The van der Waals surface area contributed by atoms with Crippen LogP contribution in [0, 0.1) is 0 Å². The van der Waals surface area contributed by atoms with E-state index in [4.69, 9.17) is 5.73 Å². The fourth-order valence-corrected chi connectivity index (χ4v) is 1.59. The normalized spacial score (nSPS) is 18.4. The standard InChI is InChI=1S/C9H14BN4/c10-14-5-3-13(4-6-14)8-1-2-9(11)12-7-8/h1-2,7,10H,3-6H2,(H2,11,12). The number of rotatable bonds is 1. The molecule has 0 aliphatic carbocycles. The lowest BCUT2D eigenvalue weighted by Gasteiger charge is -2.34. The van der Waals surface area contributed by atoms with Crippen LogP contribution in [0.4, 0.5) is 11.5 Å². The zero-order chi connectivity index (χ0) is 9.97. The maximum Gasteiger partial charge on any atom is 0.186 e. The molecule has 0 spiro atoms. The summed E-state index contributed by atoms with van der Waals surface area (Å²) in [6, 6.07) is 3.85. The molecule has 1 aromatic heterocycles. The summed E-state index contributed by atoms with van der Waals surface area (Å²) in [6.45, 7) is 4.03. The van der Waals surface area contributed by atoms with Gasteiger partial charge < -0.3 is 15.4 Å². The van der Waals surface area contributed by atoms with Gasteiger partial charge in [-0.2, -0.15) is 0 Å². The molecule has 1 aliphatic heterocycles. The van der Waals surface area contributed by atoms with E-state index >= 15 is 0 Å². The SMILES string of the molecule is [BH]N1CCN(c2ccc(N)nc2)CC1. The number of nitrogen functional groups attached to an aromatic ring is 1.